The Kier molecular flexibility index (Phi) is 6.63. The first-order chi connectivity index (χ1) is 17.3. The number of hydrogen-bond acceptors (Lipinski definition) is 5. The molecule has 0 bridgehead atoms. The van der Waals surface area contributed by atoms with E-state index in [-0.39, 0.29) is 28.5 Å². The molecule has 3 atom stereocenters. The van der Waals surface area contributed by atoms with E-state index in [1.807, 2.05) is 30.3 Å². The zero-order valence-corrected chi connectivity index (χ0v) is 20.8. The quantitative estimate of drug-likeness (QED) is 0.451. The first-order valence-electron chi connectivity index (χ1n) is 11.7. The highest BCUT2D eigenvalue weighted by molar-refractivity contribution is 7.89. The summed E-state index contributed by atoms with van der Waals surface area (Å²) in [6.07, 6.45) is 2.08. The number of ether oxygens (including phenoxy) is 1. The summed E-state index contributed by atoms with van der Waals surface area (Å²) in [6, 6.07) is 15.6. The molecule has 2 N–H and O–H groups in total. The Balaban J connectivity index is 1.38. The lowest BCUT2D eigenvalue weighted by molar-refractivity contribution is -0.141. The van der Waals surface area contributed by atoms with Gasteiger partial charge in [-0.15, -0.1) is 0 Å². The molecule has 3 aromatic rings. The van der Waals surface area contributed by atoms with Gasteiger partial charge in [-0.3, -0.25) is 10.1 Å². The molecule has 36 heavy (non-hydrogen) atoms. The van der Waals surface area contributed by atoms with Crippen LogP contribution < -0.4 is 5.32 Å². The largest absolute Gasteiger partial charge is 0.480 e. The fourth-order valence-electron chi connectivity index (χ4n) is 5.32. The number of hydrogen-bond donors (Lipinski definition) is 2. The lowest BCUT2D eigenvalue weighted by Gasteiger charge is -2.27. The topological polar surface area (TPSA) is 113 Å². The van der Waals surface area contributed by atoms with Gasteiger partial charge in [-0.25, -0.2) is 13.2 Å². The molecule has 0 radical (unpaired) electrons. The van der Waals surface area contributed by atoms with Crippen molar-refractivity contribution in [1.82, 2.24) is 4.31 Å². The number of carbonyl (C=O) groups is 2. The molecule has 1 saturated carbocycles. The maximum absolute atomic E-state index is 13.6. The van der Waals surface area contributed by atoms with Crippen molar-refractivity contribution >= 4 is 50.1 Å². The van der Waals surface area contributed by atoms with E-state index in [1.54, 1.807) is 18.2 Å². The average Bonchev–Trinajstić information content (AvgIpc) is 3.47. The highest BCUT2D eigenvalue weighted by atomic mass is 35.5. The zero-order valence-electron chi connectivity index (χ0n) is 19.3. The summed E-state index contributed by atoms with van der Waals surface area (Å²) < 4.78 is 33.6. The van der Waals surface area contributed by atoms with E-state index in [2.05, 4.69) is 5.32 Å². The summed E-state index contributed by atoms with van der Waals surface area (Å²) in [4.78, 5) is 24.1. The third-order valence-corrected chi connectivity index (χ3v) is 9.35. The van der Waals surface area contributed by atoms with Crippen LogP contribution in [0.15, 0.2) is 65.6 Å². The molecule has 188 valence electrons. The van der Waals surface area contributed by atoms with E-state index >= 15 is 0 Å². The van der Waals surface area contributed by atoms with Crippen molar-refractivity contribution in [3.63, 3.8) is 0 Å². The number of halogens is 1. The third kappa shape index (κ3) is 4.54. The van der Waals surface area contributed by atoms with Gasteiger partial charge in [-0.05, 0) is 54.3 Å². The molecule has 3 aromatic carbocycles. The zero-order chi connectivity index (χ0) is 25.4. The van der Waals surface area contributed by atoms with Crippen LogP contribution >= 0.6 is 11.6 Å². The van der Waals surface area contributed by atoms with Crippen molar-refractivity contribution in [2.75, 3.05) is 5.32 Å². The number of carbonyl (C=O) groups excluding carboxylic acids is 1. The minimum Gasteiger partial charge on any atom is -0.480 e. The van der Waals surface area contributed by atoms with Gasteiger partial charge < -0.3 is 9.84 Å². The first-order valence-corrected chi connectivity index (χ1v) is 13.5. The summed E-state index contributed by atoms with van der Waals surface area (Å²) in [7, 11) is -4.03. The van der Waals surface area contributed by atoms with Gasteiger partial charge in [0.25, 0.3) is 0 Å². The fraction of sp³-hybridized carbons (Fsp3) is 0.308. The Morgan fingerprint density at radius 1 is 1.08 bits per heavy atom. The van der Waals surface area contributed by atoms with Gasteiger partial charge in [-0.1, -0.05) is 60.5 Å². The third-order valence-electron chi connectivity index (χ3n) is 7.01. The van der Waals surface area contributed by atoms with E-state index < -0.39 is 28.1 Å². The Bertz CT molecular complexity index is 1430. The SMILES string of the molecule is O=C(Nc1ccc2cc(S(=O)(=O)N3[C@@H](C(=O)O)C[C@H]4CCC[C@H]43)ccc2c1Cl)OCc1ccccc1. The van der Waals surface area contributed by atoms with Crippen LogP contribution in [0.25, 0.3) is 10.8 Å². The normalized spacial score (nSPS) is 21.9. The van der Waals surface area contributed by atoms with Crippen molar-refractivity contribution in [2.45, 2.75) is 49.3 Å². The number of benzene rings is 3. The summed E-state index contributed by atoms with van der Waals surface area (Å²) in [6.45, 7) is 0.106. The van der Waals surface area contributed by atoms with Gasteiger partial charge in [0, 0.05) is 11.4 Å². The van der Waals surface area contributed by atoms with Crippen molar-refractivity contribution in [1.29, 1.82) is 0 Å². The van der Waals surface area contributed by atoms with Gasteiger partial charge >= 0.3 is 12.1 Å². The average molecular weight is 529 g/mol. The number of anilines is 1. The number of carboxylic acid groups (broad SMARTS) is 1. The standard InChI is InChI=1S/C26H25ClN2O6S/c27-24-20-11-10-19(36(33,34)29-22-8-4-7-18(22)14-23(29)25(30)31)13-17(20)9-12-21(24)28-26(32)35-15-16-5-2-1-3-6-16/h1-3,5-6,9-13,18,22-23H,4,7-8,14-15H2,(H,28,32)(H,30,31)/t18-,22-,23-/m1/s1. The second-order valence-corrected chi connectivity index (χ2v) is 11.4. The van der Waals surface area contributed by atoms with Crippen LogP contribution in [0, 0.1) is 5.92 Å². The van der Waals surface area contributed by atoms with Crippen molar-refractivity contribution in [2.24, 2.45) is 5.92 Å². The lowest BCUT2D eigenvalue weighted by Crippen LogP contribution is -2.44. The Morgan fingerprint density at radius 2 is 1.86 bits per heavy atom. The van der Waals surface area contributed by atoms with Crippen LogP contribution in [0.2, 0.25) is 5.02 Å². The Labute approximate surface area is 213 Å². The number of fused-ring (bicyclic) bond motifs is 2. The lowest BCUT2D eigenvalue weighted by atomic mass is 10.0. The maximum atomic E-state index is 13.6. The number of rotatable bonds is 6. The molecule has 1 heterocycles. The van der Waals surface area contributed by atoms with Crippen molar-refractivity contribution in [3.05, 3.63) is 71.2 Å². The van der Waals surface area contributed by atoms with E-state index in [9.17, 15) is 23.1 Å². The molecule has 2 fully saturated rings. The highest BCUT2D eigenvalue weighted by Gasteiger charge is 2.52. The summed E-state index contributed by atoms with van der Waals surface area (Å²) in [5.74, 6) is -1.04. The first kappa shape index (κ1) is 24.5. The van der Waals surface area contributed by atoms with Crippen molar-refractivity contribution in [3.8, 4) is 0 Å². The Hall–Kier alpha value is -3.14. The smallest absolute Gasteiger partial charge is 0.412 e. The number of sulfonamides is 1. The van der Waals surface area contributed by atoms with Gasteiger partial charge in [0.1, 0.15) is 12.6 Å². The predicted molar refractivity (Wildman–Crippen MR) is 135 cm³/mol. The van der Waals surface area contributed by atoms with Gasteiger partial charge in [0.05, 0.1) is 15.6 Å². The Morgan fingerprint density at radius 3 is 2.61 bits per heavy atom. The van der Waals surface area contributed by atoms with Crippen LogP contribution in [-0.2, 0) is 26.2 Å². The molecule has 1 saturated heterocycles. The van der Waals surface area contributed by atoms with E-state index in [0.717, 1.165) is 18.4 Å². The number of nitrogens with zero attached hydrogens (tertiary/aromatic N) is 1. The van der Waals surface area contributed by atoms with Gasteiger partial charge in [-0.2, -0.15) is 4.31 Å². The minimum atomic E-state index is -4.03. The maximum Gasteiger partial charge on any atom is 0.412 e. The molecule has 8 nitrogen and oxygen atoms in total. The molecular weight excluding hydrogens is 504 g/mol. The van der Waals surface area contributed by atoms with E-state index in [4.69, 9.17) is 16.3 Å². The predicted octanol–water partition coefficient (Wildman–Crippen LogP) is 5.26. The molecule has 1 aliphatic heterocycles. The molecular formula is C26H25ClN2O6S. The second kappa shape index (κ2) is 9.72. The minimum absolute atomic E-state index is 0.0212. The number of nitrogens with one attached hydrogen (secondary N) is 1. The monoisotopic (exact) mass is 528 g/mol. The van der Waals surface area contributed by atoms with Crippen LogP contribution in [0.1, 0.15) is 31.2 Å². The van der Waals surface area contributed by atoms with Gasteiger partial charge in [0.2, 0.25) is 10.0 Å². The van der Waals surface area contributed by atoms with E-state index in [0.29, 0.717) is 29.3 Å². The number of aliphatic carboxylic acids is 1. The van der Waals surface area contributed by atoms with Gasteiger partial charge in [0.15, 0.2) is 0 Å². The van der Waals surface area contributed by atoms with Crippen LogP contribution in [0.4, 0.5) is 10.5 Å². The van der Waals surface area contributed by atoms with Crippen LogP contribution in [0.3, 0.4) is 0 Å². The number of carboxylic acids is 1. The van der Waals surface area contributed by atoms with Crippen molar-refractivity contribution < 1.29 is 27.9 Å². The summed E-state index contributed by atoms with van der Waals surface area (Å²) in [5, 5.41) is 13.7. The summed E-state index contributed by atoms with van der Waals surface area (Å²) >= 11 is 6.53. The van der Waals surface area contributed by atoms with E-state index in [1.165, 1.54) is 16.4 Å². The molecule has 10 heteroatoms. The number of amides is 1. The van der Waals surface area contributed by atoms with Crippen LogP contribution in [-0.4, -0.2) is 42.0 Å². The molecule has 1 aliphatic carbocycles. The van der Waals surface area contributed by atoms with Crippen LogP contribution in [0.5, 0.6) is 0 Å². The molecule has 5 rings (SSSR count). The summed E-state index contributed by atoms with van der Waals surface area (Å²) in [5.41, 5.74) is 1.18. The highest BCUT2D eigenvalue weighted by Crippen LogP contribution is 2.44. The molecule has 0 unspecified atom stereocenters. The molecule has 1 amide bonds. The second-order valence-electron chi connectivity index (χ2n) is 9.18. The fourth-order valence-corrected chi connectivity index (χ4v) is 7.51. The molecule has 2 aliphatic rings. The molecule has 0 spiro atoms. The molecule has 0 aromatic heterocycles.